The fourth-order valence-electron chi connectivity index (χ4n) is 18.3. The van der Waals surface area contributed by atoms with Gasteiger partial charge < -0.3 is 37.9 Å². The first kappa shape index (κ1) is 100. The minimum absolute atomic E-state index is 0. The van der Waals surface area contributed by atoms with Crippen molar-refractivity contribution in [3.8, 4) is 113 Å². The number of nitrogens with zero attached hydrogens (tertiary/aromatic N) is 20. The molecule has 22 nitrogen and oxygen atoms in total. The van der Waals surface area contributed by atoms with Gasteiger partial charge in [0, 0.05) is 90.4 Å². The van der Waals surface area contributed by atoms with E-state index in [2.05, 4.69) is 271 Å². The van der Waals surface area contributed by atoms with Gasteiger partial charge in [0.2, 0.25) is 0 Å². The molecule has 28 heteroatoms. The Hall–Kier alpha value is -14.2. The number of benzene rings is 10. The van der Waals surface area contributed by atoms with Crippen molar-refractivity contribution in [1.82, 2.24) is 88.5 Å². The Morgan fingerprint density at radius 2 is 0.616 bits per heavy atom. The normalized spacial score (nSPS) is 14.2. The number of thiazole rings is 2. The van der Waals surface area contributed by atoms with Crippen LogP contribution in [0, 0.1) is 36.4 Å². The number of anilines is 6. The van der Waals surface area contributed by atoms with Gasteiger partial charge in [-0.25, -0.2) is 29.3 Å². The van der Waals surface area contributed by atoms with Crippen molar-refractivity contribution in [2.45, 2.75) is 116 Å². The first-order valence-corrected chi connectivity index (χ1v) is 48.7. The second-order valence-corrected chi connectivity index (χ2v) is 40.2. The van der Waals surface area contributed by atoms with E-state index >= 15 is 0 Å². The van der Waals surface area contributed by atoms with E-state index in [4.69, 9.17) is 68.9 Å². The van der Waals surface area contributed by atoms with Gasteiger partial charge in [0.1, 0.15) is 23.3 Å². The van der Waals surface area contributed by atoms with Crippen LogP contribution in [-0.4, -0.2) is 78.5 Å². The molecule has 0 atom stereocenters. The molecule has 32 bridgehead atoms. The predicted molar refractivity (Wildman–Crippen MR) is 555 cm³/mol. The molecule has 22 aromatic rings. The number of hydrogen-bond acceptors (Lipinski definition) is 18. The maximum Gasteiger partial charge on any atom is 2.00 e. The molecule has 728 valence electrons. The summed E-state index contributed by atoms with van der Waals surface area (Å²) in [6, 6.07) is 116. The van der Waals surface area contributed by atoms with Crippen LogP contribution in [0.25, 0.3) is 113 Å². The third-order valence-corrected chi connectivity index (χ3v) is 29.1. The van der Waals surface area contributed by atoms with Gasteiger partial charge >= 0.3 is 84.3 Å². The molecule has 0 radical (unpaired) electrons. The predicted octanol–water partition coefficient (Wildman–Crippen LogP) is 26.1. The summed E-state index contributed by atoms with van der Waals surface area (Å²) in [5.41, 5.74) is 22.2. The summed E-state index contributed by atoms with van der Waals surface area (Å²) in [6.45, 7) is 26.0. The molecule has 0 unspecified atom stereocenters. The van der Waals surface area contributed by atoms with E-state index in [1.807, 2.05) is 214 Å². The molecule has 12 aromatic heterocycles. The molecule has 4 aliphatic rings. The second kappa shape index (κ2) is 40.3. The van der Waals surface area contributed by atoms with Crippen LogP contribution < -0.4 is 19.8 Å². The summed E-state index contributed by atoms with van der Waals surface area (Å²) in [4.78, 5) is 63.3. The minimum atomic E-state index is -0.525. The van der Waals surface area contributed by atoms with Crippen molar-refractivity contribution in [2.75, 3.05) is 9.80 Å². The van der Waals surface area contributed by atoms with Gasteiger partial charge in [-0.2, -0.15) is 10.2 Å². The first-order chi connectivity index (χ1) is 68.8. The van der Waals surface area contributed by atoms with Crippen molar-refractivity contribution in [3.63, 3.8) is 0 Å². The molecular weight excluding hydrogens is 2570 g/mol. The summed E-state index contributed by atoms with van der Waals surface area (Å²) in [5.74, 6) is 4.73. The fourth-order valence-corrected chi connectivity index (χ4v) is 20.2. The number of hydrogen-bond donors (Lipinski definition) is 0. The third-order valence-electron chi connectivity index (χ3n) is 26.8. The van der Waals surface area contributed by atoms with Crippen LogP contribution in [0.3, 0.4) is 0 Å². The number of aromatic nitrogens is 18. The first-order valence-electron chi connectivity index (χ1n) is 46.9. The van der Waals surface area contributed by atoms with E-state index in [0.717, 1.165) is 180 Å². The molecule has 26 rings (SSSR count). The monoisotopic (exact) mass is 2660 g/mol. The average molecular weight is 2670 g/mol. The molecule has 0 aliphatic carbocycles. The second-order valence-electron chi connectivity index (χ2n) is 38.5. The standard InChI is InChI=1S/C34H28N6.C32H28N6.C30H18N4O2.C22H18N4S2.4Pt/c1-33(2)25-15-11-13-23(21-25)30-36-32(40(38-30)28-19-9-6-10-20-28)34(3,4)26-16-12-14-24(22-26)29-35-31(33)39(37-29)27-17-7-5-8-18-27;1-31(2)27-17-15-23(33-27)26-20-38(22-13-9-6-10-14-22)30(36-26)32(3,4)28-18-16-24(34-28)25-19-37(29(31)35-25)21-11-7-5-8-12-21;1-3-11-23(12-4-1)33-25-15-7-9-21(17-25)28-20-36-30(32-28)34(24-13-5-2-6-14-24)26-16-8-10-22(18-26)27-19-35-29(33)31-27;1-21(2)15-5-13(7-23-9-15)18-12-28-20(26-18)22(3,4)16-6-14(8-24-10-16)17-11-27-19(21)25-17;;;;/h5-20H,1-4H3;5-20H,1-4H3;1-16,19-20H;7-12H,1-4H3;;;;/q4*-2;4*+2. The largest absolute Gasteiger partial charge is 2.00 e. The summed E-state index contributed by atoms with van der Waals surface area (Å²) >= 11 is 3.30. The van der Waals surface area contributed by atoms with Crippen molar-refractivity contribution in [1.29, 1.82) is 0 Å². The SMILES string of the molecule is CC1(C)c2[c-]c(ccc2)-c2nc(n(-c3ccccc3)n2)C(C)(C)c2[c-]c(ccc2)-c2nc1n(-c1ccccc1)n2.CC1(C)c2[c-]c(cnc2)-c2csc(n2)C(C)(C)c2[c-]c(cnc2)-c2csc1n2.CC1(C)c2ccc([n-]2)-c2cn(-c3ccccc3)c(n2)C(C)(C)c2ccc([n-]2)-c2cn(-c3ccccc3)c1n2.[Pt+2].[Pt+2].[Pt+2].[Pt+2].[c-]1c2cccc1N(c1ccccc1)c1nc(co1)-c1[c-]c(ccc1)N(c1ccccc1)c1nc-2co1. The Morgan fingerprint density at radius 3 is 0.993 bits per heavy atom. The number of pyridine rings is 2. The molecule has 0 spiro atoms. The van der Waals surface area contributed by atoms with Crippen LogP contribution in [0.1, 0.15) is 150 Å². The summed E-state index contributed by atoms with van der Waals surface area (Å²) < 4.78 is 20.3. The summed E-state index contributed by atoms with van der Waals surface area (Å²) in [5, 5.41) is 16.3. The van der Waals surface area contributed by atoms with Crippen LogP contribution in [0.15, 0.2) is 348 Å². The quantitative estimate of drug-likeness (QED) is 0.141. The average Bonchev–Trinajstić information content (AvgIpc) is 1.59. The van der Waals surface area contributed by atoms with Crippen molar-refractivity contribution in [2.24, 2.45) is 0 Å². The summed E-state index contributed by atoms with van der Waals surface area (Å²) in [7, 11) is 0. The molecule has 0 saturated carbocycles. The van der Waals surface area contributed by atoms with Crippen LogP contribution in [0.5, 0.6) is 0 Å². The molecule has 0 saturated heterocycles. The minimum Gasteiger partial charge on any atom is -0.659 e. The van der Waals surface area contributed by atoms with Gasteiger partial charge in [-0.1, -0.05) is 241 Å². The Balaban J connectivity index is 0.000000123. The van der Waals surface area contributed by atoms with E-state index in [9.17, 15) is 0 Å². The molecule has 4 aliphatic heterocycles. The smallest absolute Gasteiger partial charge is 0.659 e. The van der Waals surface area contributed by atoms with Gasteiger partial charge in [-0.3, -0.25) is 29.7 Å². The zero-order valence-corrected chi connectivity index (χ0v) is 91.9. The van der Waals surface area contributed by atoms with Crippen LogP contribution in [-0.2, 0) is 117 Å². The molecule has 0 amide bonds. The Morgan fingerprint density at radius 1 is 0.274 bits per heavy atom. The topological polar surface area (TPSA) is 235 Å². The van der Waals surface area contributed by atoms with E-state index in [-0.39, 0.29) is 95.1 Å². The summed E-state index contributed by atoms with van der Waals surface area (Å²) in [6.07, 6.45) is 14.9. The van der Waals surface area contributed by atoms with Crippen LogP contribution in [0.2, 0.25) is 0 Å². The Kier molecular flexibility index (Phi) is 27.7. The zero-order chi connectivity index (χ0) is 97.0. The van der Waals surface area contributed by atoms with Crippen molar-refractivity contribution in [3.05, 3.63) is 443 Å². The Bertz CT molecular complexity index is 7930. The molecule has 0 N–H and O–H groups in total. The van der Waals surface area contributed by atoms with Crippen molar-refractivity contribution < 1.29 is 93.1 Å². The number of oxazole rings is 2. The molecule has 10 aromatic carbocycles. The Labute approximate surface area is 912 Å². The van der Waals surface area contributed by atoms with Gasteiger partial charge in [-0.15, -0.1) is 210 Å². The number of imidazole rings is 2. The molecular formula is C118H92N20O2Pt4S2. The van der Waals surface area contributed by atoms with Gasteiger partial charge in [0.25, 0.3) is 12.0 Å². The fraction of sp³-hybridized carbons (Fsp3) is 0.153. The van der Waals surface area contributed by atoms with Gasteiger partial charge in [0.05, 0.1) is 57.0 Å². The maximum atomic E-state index is 6.02. The van der Waals surface area contributed by atoms with Crippen LogP contribution in [0.4, 0.5) is 34.8 Å². The molecule has 0 fully saturated rings. The van der Waals surface area contributed by atoms with Gasteiger partial charge in [0.15, 0.2) is 0 Å². The number of fused-ring (bicyclic) bond motifs is 40. The number of rotatable bonds is 6. The van der Waals surface area contributed by atoms with E-state index in [0.29, 0.717) is 35.1 Å². The molecule has 16 heterocycles. The van der Waals surface area contributed by atoms with E-state index in [1.54, 1.807) is 35.2 Å². The number of para-hydroxylation sites is 6. The van der Waals surface area contributed by atoms with Crippen LogP contribution >= 0.6 is 22.7 Å². The van der Waals surface area contributed by atoms with Crippen molar-refractivity contribution >= 4 is 57.5 Å². The molecule has 146 heavy (non-hydrogen) atoms. The van der Waals surface area contributed by atoms with E-state index in [1.165, 1.54) is 0 Å². The maximum absolute atomic E-state index is 6.02. The van der Waals surface area contributed by atoms with Gasteiger partial charge in [-0.05, 0) is 94.9 Å². The zero-order valence-electron chi connectivity index (χ0n) is 81.2. The van der Waals surface area contributed by atoms with E-state index < -0.39 is 21.7 Å². The third kappa shape index (κ3) is 18.6.